The van der Waals surface area contributed by atoms with E-state index in [-0.39, 0.29) is 10.6 Å². The number of hydrogen-bond donors (Lipinski definition) is 0. The second kappa shape index (κ2) is 6.49. The Labute approximate surface area is 122 Å². The highest BCUT2D eigenvalue weighted by Gasteiger charge is 2.20. The molecule has 0 saturated heterocycles. The third kappa shape index (κ3) is 3.51. The minimum absolute atomic E-state index is 0.0412. The summed E-state index contributed by atoms with van der Waals surface area (Å²) in [6.45, 7) is 3.83. The second-order valence-electron chi connectivity index (χ2n) is 3.37. The van der Waals surface area contributed by atoms with Gasteiger partial charge >= 0.3 is 5.97 Å². The molecule has 0 amide bonds. The molecule has 0 heterocycles. The third-order valence-corrected chi connectivity index (χ3v) is 3.70. The van der Waals surface area contributed by atoms with Crippen LogP contribution in [0.5, 0.6) is 0 Å². The summed E-state index contributed by atoms with van der Waals surface area (Å²) >= 11 is 5.24. The number of esters is 1. The monoisotopic (exact) mass is 410 g/mol. The highest BCUT2D eigenvalue weighted by molar-refractivity contribution is 14.1. The summed E-state index contributed by atoms with van der Waals surface area (Å²) in [5.74, 6) is -0.436. The number of hydrogen-bond acceptors (Lipinski definition) is 3. The molecule has 1 atom stereocenters. The number of benzene rings is 1. The molecule has 0 aliphatic carbocycles. The molecule has 0 fully saturated rings. The maximum Gasteiger partial charge on any atom is 0.339 e. The minimum atomic E-state index is -0.395. The first-order valence-electron chi connectivity index (χ1n) is 5.13. The summed E-state index contributed by atoms with van der Waals surface area (Å²) in [4.78, 5) is 23.3. The van der Waals surface area contributed by atoms with Crippen LogP contribution in [0, 0.1) is 3.57 Å². The Kier molecular flexibility index (Phi) is 5.58. The maximum atomic E-state index is 11.9. The van der Waals surface area contributed by atoms with Crippen LogP contribution in [-0.2, 0) is 4.74 Å². The van der Waals surface area contributed by atoms with Crippen LogP contribution in [-0.4, -0.2) is 23.2 Å². The Balaban J connectivity index is 3.16. The van der Waals surface area contributed by atoms with E-state index in [9.17, 15) is 9.59 Å². The Morgan fingerprint density at radius 3 is 2.53 bits per heavy atom. The molecule has 1 aromatic carbocycles. The van der Waals surface area contributed by atoms with Crippen LogP contribution in [0.15, 0.2) is 18.2 Å². The van der Waals surface area contributed by atoms with E-state index < -0.39 is 5.97 Å². The smallest absolute Gasteiger partial charge is 0.339 e. The fourth-order valence-electron chi connectivity index (χ4n) is 1.30. The number of ether oxygens (including phenoxy) is 1. The first kappa shape index (κ1) is 14.6. The predicted octanol–water partition coefficient (Wildman–Crippen LogP) is 3.43. The molecular formula is C12H12BrIO3. The van der Waals surface area contributed by atoms with Gasteiger partial charge in [0, 0.05) is 9.13 Å². The summed E-state index contributed by atoms with van der Waals surface area (Å²) in [5, 5.41) is 0. The van der Waals surface area contributed by atoms with Gasteiger partial charge in [-0.15, -0.1) is 0 Å². The van der Waals surface area contributed by atoms with Crippen molar-refractivity contribution in [3.05, 3.63) is 32.9 Å². The van der Waals surface area contributed by atoms with E-state index in [0.717, 1.165) is 0 Å². The van der Waals surface area contributed by atoms with Crippen molar-refractivity contribution in [1.82, 2.24) is 0 Å². The lowest BCUT2D eigenvalue weighted by Crippen LogP contribution is -2.15. The summed E-state index contributed by atoms with van der Waals surface area (Å²) in [7, 11) is 0. The number of Topliss-reactive ketones (excluding diaryl/α,β-unsaturated/α-hetero) is 1. The van der Waals surface area contributed by atoms with Crippen molar-refractivity contribution in [1.29, 1.82) is 0 Å². The van der Waals surface area contributed by atoms with Gasteiger partial charge in [0.25, 0.3) is 0 Å². The average Bonchev–Trinajstić information content (AvgIpc) is 2.28. The first-order chi connectivity index (χ1) is 7.99. The Hall–Kier alpha value is -0.430. The number of carbonyl (C=O) groups is 2. The molecule has 1 unspecified atom stereocenters. The van der Waals surface area contributed by atoms with Gasteiger partial charge in [0.1, 0.15) is 0 Å². The molecule has 0 radical (unpaired) electrons. The quantitative estimate of drug-likeness (QED) is 0.330. The summed E-state index contributed by atoms with van der Waals surface area (Å²) < 4.78 is 5.58. The number of halogens is 2. The van der Waals surface area contributed by atoms with Crippen molar-refractivity contribution >= 4 is 50.3 Å². The number of carbonyl (C=O) groups excluding carboxylic acids is 2. The van der Waals surface area contributed by atoms with E-state index in [2.05, 4.69) is 15.9 Å². The summed E-state index contributed by atoms with van der Waals surface area (Å²) in [5.41, 5.74) is 0.979. The van der Waals surface area contributed by atoms with Gasteiger partial charge < -0.3 is 4.74 Å². The van der Waals surface area contributed by atoms with Gasteiger partial charge in [0.15, 0.2) is 5.78 Å². The van der Waals surface area contributed by atoms with Crippen LogP contribution in [0.3, 0.4) is 0 Å². The first-order valence-corrected chi connectivity index (χ1v) is 7.12. The van der Waals surface area contributed by atoms with E-state index >= 15 is 0 Å². The Morgan fingerprint density at radius 1 is 1.41 bits per heavy atom. The zero-order valence-corrected chi connectivity index (χ0v) is 13.2. The van der Waals surface area contributed by atoms with Crippen LogP contribution >= 0.6 is 38.5 Å². The number of ketones is 1. The molecule has 17 heavy (non-hydrogen) atoms. The van der Waals surface area contributed by atoms with Crippen molar-refractivity contribution < 1.29 is 14.3 Å². The van der Waals surface area contributed by atoms with Gasteiger partial charge in [-0.3, -0.25) is 4.79 Å². The molecule has 0 aliphatic rings. The molecule has 0 spiro atoms. The summed E-state index contributed by atoms with van der Waals surface area (Å²) in [6, 6.07) is 5.07. The highest BCUT2D eigenvalue weighted by atomic mass is 127. The van der Waals surface area contributed by atoms with E-state index in [1.807, 2.05) is 22.6 Å². The molecule has 92 valence electrons. The van der Waals surface area contributed by atoms with Crippen molar-refractivity contribution in [2.45, 2.75) is 18.7 Å². The zero-order chi connectivity index (χ0) is 13.0. The van der Waals surface area contributed by atoms with Gasteiger partial charge in [0.05, 0.1) is 17.0 Å². The lowest BCUT2D eigenvalue weighted by molar-refractivity contribution is 0.0525. The van der Waals surface area contributed by atoms with E-state index in [0.29, 0.717) is 21.3 Å². The molecule has 3 nitrogen and oxygen atoms in total. The normalized spacial score (nSPS) is 12.0. The van der Waals surface area contributed by atoms with Crippen LogP contribution in [0.25, 0.3) is 0 Å². The van der Waals surface area contributed by atoms with Crippen molar-refractivity contribution in [2.24, 2.45) is 0 Å². The van der Waals surface area contributed by atoms with Gasteiger partial charge in [-0.2, -0.15) is 0 Å². The van der Waals surface area contributed by atoms with Crippen molar-refractivity contribution in [2.75, 3.05) is 6.61 Å². The predicted molar refractivity (Wildman–Crippen MR) is 77.8 cm³/mol. The van der Waals surface area contributed by atoms with Crippen LogP contribution in [0.1, 0.15) is 34.6 Å². The molecule has 1 rings (SSSR count). The molecule has 5 heteroatoms. The molecule has 1 aromatic rings. The SMILES string of the molecule is CCOC(=O)c1cccc(C(=O)C(C)Br)c1I. The maximum absolute atomic E-state index is 11.9. The Bertz CT molecular complexity index is 443. The topological polar surface area (TPSA) is 43.4 Å². The standard InChI is InChI=1S/C12H12BrIO3/c1-3-17-12(16)9-6-4-5-8(10(9)14)11(15)7(2)13/h4-7H,3H2,1-2H3. The molecule has 0 aromatic heterocycles. The van der Waals surface area contributed by atoms with Gasteiger partial charge in [-0.05, 0) is 42.5 Å². The van der Waals surface area contributed by atoms with Crippen LogP contribution in [0.2, 0.25) is 0 Å². The molecule has 0 saturated carbocycles. The van der Waals surface area contributed by atoms with Gasteiger partial charge in [-0.1, -0.05) is 28.1 Å². The largest absolute Gasteiger partial charge is 0.462 e. The van der Waals surface area contributed by atoms with Crippen LogP contribution < -0.4 is 0 Å². The molecule has 0 aliphatic heterocycles. The highest BCUT2D eigenvalue weighted by Crippen LogP contribution is 2.21. The van der Waals surface area contributed by atoms with E-state index in [1.165, 1.54) is 0 Å². The lowest BCUT2D eigenvalue weighted by atomic mass is 10.1. The average molecular weight is 411 g/mol. The van der Waals surface area contributed by atoms with E-state index in [4.69, 9.17) is 4.74 Å². The fourth-order valence-corrected chi connectivity index (χ4v) is 2.40. The van der Waals surface area contributed by atoms with E-state index in [1.54, 1.807) is 32.0 Å². The molecule has 0 bridgehead atoms. The van der Waals surface area contributed by atoms with Gasteiger partial charge in [0.2, 0.25) is 0 Å². The lowest BCUT2D eigenvalue weighted by Gasteiger charge is -2.09. The van der Waals surface area contributed by atoms with Crippen molar-refractivity contribution in [3.63, 3.8) is 0 Å². The number of alkyl halides is 1. The minimum Gasteiger partial charge on any atom is -0.462 e. The van der Waals surface area contributed by atoms with Crippen molar-refractivity contribution in [3.8, 4) is 0 Å². The Morgan fingerprint density at radius 2 is 2.00 bits per heavy atom. The zero-order valence-electron chi connectivity index (χ0n) is 9.50. The number of rotatable bonds is 4. The molecular weight excluding hydrogens is 399 g/mol. The second-order valence-corrected chi connectivity index (χ2v) is 5.82. The van der Waals surface area contributed by atoms with Gasteiger partial charge in [-0.25, -0.2) is 4.79 Å². The molecule has 0 N–H and O–H groups in total. The third-order valence-electron chi connectivity index (χ3n) is 2.12. The fraction of sp³-hybridized carbons (Fsp3) is 0.333. The van der Waals surface area contributed by atoms with Crippen LogP contribution in [0.4, 0.5) is 0 Å². The summed E-state index contributed by atoms with van der Waals surface area (Å²) in [6.07, 6.45) is 0.